The first-order valence-electron chi connectivity index (χ1n) is 5.13. The van der Waals surface area contributed by atoms with Crippen molar-refractivity contribution in [2.75, 3.05) is 25.0 Å². The highest BCUT2D eigenvalue weighted by atomic mass is 15.2. The lowest BCUT2D eigenvalue weighted by Gasteiger charge is -2.24. The number of hydrogen-bond donors (Lipinski definition) is 1. The molecule has 1 aliphatic rings. The Morgan fingerprint density at radius 1 is 1.57 bits per heavy atom. The van der Waals surface area contributed by atoms with Crippen molar-refractivity contribution in [3.8, 4) is 0 Å². The van der Waals surface area contributed by atoms with Gasteiger partial charge in [0.25, 0.3) is 0 Å². The molecular formula is C11H17N3. The van der Waals surface area contributed by atoms with E-state index in [1.807, 2.05) is 12.3 Å². The fraction of sp³-hybridized carbons (Fsp3) is 0.545. The monoisotopic (exact) mass is 191 g/mol. The molecule has 3 nitrogen and oxygen atoms in total. The lowest BCUT2D eigenvalue weighted by atomic mass is 10.2. The SMILES string of the molecule is Cc1ccnc(N(C)C2CCNC2)c1. The quantitative estimate of drug-likeness (QED) is 0.761. The van der Waals surface area contributed by atoms with Crippen LogP contribution in [0.2, 0.25) is 0 Å². The molecule has 1 aromatic rings. The van der Waals surface area contributed by atoms with Gasteiger partial charge in [0.1, 0.15) is 5.82 Å². The molecule has 0 spiro atoms. The zero-order valence-corrected chi connectivity index (χ0v) is 8.83. The molecule has 1 atom stereocenters. The van der Waals surface area contributed by atoms with Crippen molar-refractivity contribution in [3.05, 3.63) is 23.9 Å². The van der Waals surface area contributed by atoms with Crippen LogP contribution in [0.5, 0.6) is 0 Å². The van der Waals surface area contributed by atoms with Gasteiger partial charge in [-0.2, -0.15) is 0 Å². The maximum atomic E-state index is 4.38. The van der Waals surface area contributed by atoms with E-state index < -0.39 is 0 Å². The molecule has 2 rings (SSSR count). The Kier molecular flexibility index (Phi) is 2.68. The molecule has 1 unspecified atom stereocenters. The third-order valence-corrected chi connectivity index (χ3v) is 2.84. The van der Waals surface area contributed by atoms with Gasteiger partial charge in [0, 0.05) is 25.8 Å². The van der Waals surface area contributed by atoms with Crippen molar-refractivity contribution in [1.29, 1.82) is 0 Å². The van der Waals surface area contributed by atoms with E-state index >= 15 is 0 Å². The van der Waals surface area contributed by atoms with Gasteiger partial charge in [0.2, 0.25) is 0 Å². The first-order chi connectivity index (χ1) is 6.77. The van der Waals surface area contributed by atoms with E-state index in [4.69, 9.17) is 0 Å². The third-order valence-electron chi connectivity index (χ3n) is 2.84. The van der Waals surface area contributed by atoms with Crippen molar-refractivity contribution >= 4 is 5.82 Å². The highest BCUT2D eigenvalue weighted by molar-refractivity contribution is 5.41. The van der Waals surface area contributed by atoms with Crippen molar-refractivity contribution < 1.29 is 0 Å². The summed E-state index contributed by atoms with van der Waals surface area (Å²) in [5.74, 6) is 1.08. The van der Waals surface area contributed by atoms with Gasteiger partial charge in [-0.3, -0.25) is 0 Å². The summed E-state index contributed by atoms with van der Waals surface area (Å²) < 4.78 is 0. The maximum Gasteiger partial charge on any atom is 0.128 e. The molecule has 1 saturated heterocycles. The van der Waals surface area contributed by atoms with Crippen LogP contribution in [0, 0.1) is 6.92 Å². The second-order valence-electron chi connectivity index (χ2n) is 3.95. The number of likely N-dealkylation sites (N-methyl/N-ethyl adjacent to an activating group) is 1. The minimum Gasteiger partial charge on any atom is -0.355 e. The second-order valence-corrected chi connectivity index (χ2v) is 3.95. The summed E-state index contributed by atoms with van der Waals surface area (Å²) in [5, 5.41) is 3.37. The Morgan fingerprint density at radius 3 is 3.07 bits per heavy atom. The van der Waals surface area contributed by atoms with Gasteiger partial charge in [-0.15, -0.1) is 0 Å². The molecule has 14 heavy (non-hydrogen) atoms. The number of anilines is 1. The van der Waals surface area contributed by atoms with Crippen molar-refractivity contribution in [2.24, 2.45) is 0 Å². The Balaban J connectivity index is 2.13. The molecule has 1 aliphatic heterocycles. The Bertz CT molecular complexity index is 305. The third kappa shape index (κ3) is 1.87. The molecule has 76 valence electrons. The number of rotatable bonds is 2. The van der Waals surface area contributed by atoms with E-state index in [-0.39, 0.29) is 0 Å². The molecule has 0 amide bonds. The zero-order valence-electron chi connectivity index (χ0n) is 8.83. The van der Waals surface area contributed by atoms with Gasteiger partial charge >= 0.3 is 0 Å². The van der Waals surface area contributed by atoms with Crippen LogP contribution in [-0.2, 0) is 0 Å². The maximum absolute atomic E-state index is 4.38. The summed E-state index contributed by atoms with van der Waals surface area (Å²) in [5.41, 5.74) is 1.27. The fourth-order valence-electron chi connectivity index (χ4n) is 1.87. The highest BCUT2D eigenvalue weighted by Crippen LogP contribution is 2.16. The summed E-state index contributed by atoms with van der Waals surface area (Å²) in [4.78, 5) is 6.65. The standard InChI is InChI=1S/C11H17N3/c1-9-3-6-13-11(7-9)14(2)10-4-5-12-8-10/h3,6-7,10,12H,4-5,8H2,1-2H3. The lowest BCUT2D eigenvalue weighted by Crippen LogP contribution is -2.33. The number of nitrogens with zero attached hydrogens (tertiary/aromatic N) is 2. The topological polar surface area (TPSA) is 28.2 Å². The summed E-state index contributed by atoms with van der Waals surface area (Å²) in [7, 11) is 2.12. The second kappa shape index (κ2) is 3.96. The predicted molar refractivity (Wildman–Crippen MR) is 58.7 cm³/mol. The van der Waals surface area contributed by atoms with Gasteiger partial charge in [-0.25, -0.2) is 4.98 Å². The van der Waals surface area contributed by atoms with E-state index in [2.05, 4.69) is 35.2 Å². The number of aromatic nitrogens is 1. The van der Waals surface area contributed by atoms with Gasteiger partial charge in [-0.05, 0) is 37.6 Å². The molecule has 0 radical (unpaired) electrons. The molecule has 1 fully saturated rings. The van der Waals surface area contributed by atoms with Crippen LogP contribution in [0.1, 0.15) is 12.0 Å². The van der Waals surface area contributed by atoms with E-state index in [1.165, 1.54) is 12.0 Å². The summed E-state index contributed by atoms with van der Waals surface area (Å²) in [6.45, 7) is 4.30. The normalized spacial score (nSPS) is 21.1. The van der Waals surface area contributed by atoms with Crippen LogP contribution in [-0.4, -0.2) is 31.2 Å². The van der Waals surface area contributed by atoms with Crippen molar-refractivity contribution in [1.82, 2.24) is 10.3 Å². The number of hydrogen-bond acceptors (Lipinski definition) is 3. The van der Waals surface area contributed by atoms with E-state index in [0.29, 0.717) is 6.04 Å². The summed E-state index contributed by atoms with van der Waals surface area (Å²) >= 11 is 0. The first-order valence-corrected chi connectivity index (χ1v) is 5.13. The van der Waals surface area contributed by atoms with Crippen LogP contribution in [0.15, 0.2) is 18.3 Å². The minimum absolute atomic E-state index is 0.601. The van der Waals surface area contributed by atoms with Crippen LogP contribution in [0.25, 0.3) is 0 Å². The molecular weight excluding hydrogens is 174 g/mol. The summed E-state index contributed by atoms with van der Waals surface area (Å²) in [6.07, 6.45) is 3.09. The van der Waals surface area contributed by atoms with Crippen LogP contribution in [0.4, 0.5) is 5.82 Å². The van der Waals surface area contributed by atoms with E-state index in [0.717, 1.165) is 18.9 Å². The smallest absolute Gasteiger partial charge is 0.128 e. The largest absolute Gasteiger partial charge is 0.355 e. The molecule has 1 N–H and O–H groups in total. The Hall–Kier alpha value is -1.09. The number of nitrogens with one attached hydrogen (secondary N) is 1. The van der Waals surface area contributed by atoms with Crippen LogP contribution >= 0.6 is 0 Å². The molecule has 0 bridgehead atoms. The van der Waals surface area contributed by atoms with Gasteiger partial charge in [0.15, 0.2) is 0 Å². The average Bonchev–Trinajstić information content (AvgIpc) is 2.69. The van der Waals surface area contributed by atoms with Crippen LogP contribution in [0.3, 0.4) is 0 Å². The number of aryl methyl sites for hydroxylation is 1. The van der Waals surface area contributed by atoms with Crippen molar-refractivity contribution in [3.63, 3.8) is 0 Å². The van der Waals surface area contributed by atoms with Gasteiger partial charge < -0.3 is 10.2 Å². The van der Waals surface area contributed by atoms with Gasteiger partial charge in [0.05, 0.1) is 0 Å². The fourth-order valence-corrected chi connectivity index (χ4v) is 1.87. The van der Waals surface area contributed by atoms with Crippen LogP contribution < -0.4 is 10.2 Å². The van der Waals surface area contributed by atoms with E-state index in [9.17, 15) is 0 Å². The molecule has 1 aromatic heterocycles. The predicted octanol–water partition coefficient (Wildman–Crippen LogP) is 1.19. The van der Waals surface area contributed by atoms with E-state index in [1.54, 1.807) is 0 Å². The first kappa shape index (κ1) is 9.46. The summed E-state index contributed by atoms with van der Waals surface area (Å²) in [6, 6.07) is 4.77. The lowest BCUT2D eigenvalue weighted by molar-refractivity contribution is 0.677. The Labute approximate surface area is 85.1 Å². The van der Waals surface area contributed by atoms with Gasteiger partial charge in [-0.1, -0.05) is 0 Å². The number of pyridine rings is 1. The molecule has 3 heteroatoms. The zero-order chi connectivity index (χ0) is 9.97. The minimum atomic E-state index is 0.601. The molecule has 0 aromatic carbocycles. The molecule has 0 saturated carbocycles. The Morgan fingerprint density at radius 2 is 2.43 bits per heavy atom. The molecule has 0 aliphatic carbocycles. The highest BCUT2D eigenvalue weighted by Gasteiger charge is 2.19. The molecule has 2 heterocycles. The average molecular weight is 191 g/mol. The van der Waals surface area contributed by atoms with Crippen molar-refractivity contribution in [2.45, 2.75) is 19.4 Å².